The first-order valence-corrected chi connectivity index (χ1v) is 27.1. The average Bonchev–Trinajstić information content (AvgIpc) is 4.15. The Bertz CT molecular complexity index is 2980. The van der Waals surface area contributed by atoms with Gasteiger partial charge < -0.3 is 29.2 Å². The topological polar surface area (TPSA) is 132 Å². The van der Waals surface area contributed by atoms with Crippen molar-refractivity contribution in [2.45, 2.75) is 76.3 Å². The molecule has 4 unspecified atom stereocenters. The van der Waals surface area contributed by atoms with Crippen LogP contribution in [0.25, 0.3) is 43.9 Å². The third kappa shape index (κ3) is 10.4. The molecule has 15 heteroatoms. The molecule has 0 aliphatic carbocycles. The van der Waals surface area contributed by atoms with Crippen molar-refractivity contribution < 1.29 is 23.0 Å². The Morgan fingerprint density at radius 2 is 0.973 bits per heavy atom. The number of nitrogens with zero attached hydrogens (tertiary/aromatic N) is 8. The summed E-state index contributed by atoms with van der Waals surface area (Å²) in [5, 5.41) is 4.44. The first-order valence-electron chi connectivity index (χ1n) is 27.1. The summed E-state index contributed by atoms with van der Waals surface area (Å²) in [4.78, 5) is 51.4. The smallest absolute Gasteiger partial charge is 0.167 e. The molecular formula is C59H66F2N10O3. The summed E-state index contributed by atoms with van der Waals surface area (Å²) in [6.45, 7) is 7.96. The van der Waals surface area contributed by atoms with Crippen molar-refractivity contribution in [2.24, 2.45) is 23.7 Å². The van der Waals surface area contributed by atoms with Crippen LogP contribution >= 0.6 is 0 Å². The molecule has 13 nitrogen and oxygen atoms in total. The van der Waals surface area contributed by atoms with Gasteiger partial charge in [-0.15, -0.1) is 0 Å². The lowest BCUT2D eigenvalue weighted by Gasteiger charge is -2.45. The standard InChI is InChI=1S/C59H66F2N10O3/c60-43-5-9-45(10-6-43)73-37-41-3-1-25-70(35-41)53(31-39-17-27-68(28-18-39)51-15-23-62-49-33-66-58-47(55(49)51)13-21-64-58)57(72)54(71-26-2-4-42(36-71)38-74-46-11-7-44(61)8-12-46)32-40-19-29-69(30-20-40)52-16-24-63-50-34-67-59-48(56(50)52)14-22-65-59/h5-16,21-24,33-34,39-42,53-54,62-63H,1-4,17-20,25-32,35-38H2. The SMILES string of the molecule is O=C(C(CC1CCN(c2cc[nH]c3cnc4nccc4c23)CC1)N1CCCC(COc2ccc(F)cc2)C1)C(CC1CCN(c2cc[nH]c3cnc4nccc4c23)CC1)N1CCCC(COc2ccc(F)cc2)C1. The van der Waals surface area contributed by atoms with Crippen LogP contribution < -0.4 is 19.3 Å². The van der Waals surface area contributed by atoms with E-state index in [1.807, 2.05) is 37.2 Å². The van der Waals surface area contributed by atoms with E-state index in [9.17, 15) is 8.78 Å². The van der Waals surface area contributed by atoms with Gasteiger partial charge in [0, 0.05) is 109 Å². The number of nitrogens with one attached hydrogen (secondary N) is 2. The second-order valence-corrected chi connectivity index (χ2v) is 21.5. The highest BCUT2D eigenvalue weighted by molar-refractivity contribution is 6.11. The zero-order chi connectivity index (χ0) is 50.0. The quantitative estimate of drug-likeness (QED) is 0.0959. The predicted octanol–water partition coefficient (Wildman–Crippen LogP) is 10.6. The Kier molecular flexibility index (Phi) is 14.1. The number of halogens is 2. The van der Waals surface area contributed by atoms with Crippen LogP contribution in [0.3, 0.4) is 0 Å². The second kappa shape index (κ2) is 21.6. The number of carbonyl (C=O) groups is 1. The van der Waals surface area contributed by atoms with Gasteiger partial charge in [0.25, 0.3) is 0 Å². The third-order valence-electron chi connectivity index (χ3n) is 16.8. The third-order valence-corrected chi connectivity index (χ3v) is 16.8. The Labute approximate surface area is 430 Å². The summed E-state index contributed by atoms with van der Waals surface area (Å²) in [6.07, 6.45) is 21.1. The normalized spacial score (nSPS) is 20.7. The van der Waals surface area contributed by atoms with Crippen LogP contribution in [0.4, 0.5) is 20.2 Å². The molecule has 0 bridgehead atoms. The first kappa shape index (κ1) is 48.2. The number of benzene rings is 2. The minimum atomic E-state index is -0.281. The largest absolute Gasteiger partial charge is 0.493 e. The van der Waals surface area contributed by atoms with E-state index >= 15 is 4.79 Å². The van der Waals surface area contributed by atoms with Crippen molar-refractivity contribution in [3.05, 3.63) is 122 Å². The van der Waals surface area contributed by atoms with E-state index in [4.69, 9.17) is 9.47 Å². The number of ketones is 1. The number of aromatic nitrogens is 6. The number of fused-ring (bicyclic) bond motifs is 6. The monoisotopic (exact) mass is 1000 g/mol. The lowest BCUT2D eigenvalue weighted by Crippen LogP contribution is -2.57. The van der Waals surface area contributed by atoms with Crippen LogP contribution in [-0.2, 0) is 4.79 Å². The molecule has 4 saturated heterocycles. The molecule has 6 aromatic heterocycles. The molecular weight excluding hydrogens is 935 g/mol. The van der Waals surface area contributed by atoms with Gasteiger partial charge in [0.2, 0.25) is 0 Å². The second-order valence-electron chi connectivity index (χ2n) is 21.5. The number of H-pyrrole nitrogens is 2. The summed E-state index contributed by atoms with van der Waals surface area (Å²) in [5.41, 5.74) is 5.92. The maximum absolute atomic E-state index is 16.2. The van der Waals surface area contributed by atoms with Gasteiger partial charge in [0.15, 0.2) is 17.1 Å². The van der Waals surface area contributed by atoms with Crippen molar-refractivity contribution in [1.82, 2.24) is 39.7 Å². The highest BCUT2D eigenvalue weighted by atomic mass is 19.1. The van der Waals surface area contributed by atoms with Crippen LogP contribution in [-0.4, -0.2) is 123 Å². The van der Waals surface area contributed by atoms with Gasteiger partial charge in [-0.2, -0.15) is 0 Å². The molecule has 0 saturated carbocycles. The summed E-state index contributed by atoms with van der Waals surface area (Å²) in [5.74, 6) is 2.36. The van der Waals surface area contributed by atoms with E-state index in [-0.39, 0.29) is 35.6 Å². The van der Waals surface area contributed by atoms with E-state index in [2.05, 4.69) is 73.8 Å². The Balaban J connectivity index is 0.810. The number of ether oxygens (including phenoxy) is 2. The van der Waals surface area contributed by atoms with E-state index < -0.39 is 0 Å². The average molecular weight is 1000 g/mol. The van der Waals surface area contributed by atoms with Gasteiger partial charge in [-0.05, 0) is 162 Å². The Morgan fingerprint density at radius 1 is 0.541 bits per heavy atom. The maximum atomic E-state index is 16.2. The van der Waals surface area contributed by atoms with Crippen molar-refractivity contribution >= 4 is 61.0 Å². The van der Waals surface area contributed by atoms with Crippen LogP contribution in [0.15, 0.2) is 110 Å². The van der Waals surface area contributed by atoms with Crippen molar-refractivity contribution in [2.75, 3.05) is 75.4 Å². The molecule has 10 heterocycles. The molecule has 4 atom stereocenters. The first-order chi connectivity index (χ1) is 36.4. The Hall–Kier alpha value is -6.71. The molecule has 8 aromatic rings. The summed E-state index contributed by atoms with van der Waals surface area (Å²) in [7, 11) is 0. The van der Waals surface area contributed by atoms with E-state index in [0.717, 1.165) is 160 Å². The van der Waals surface area contributed by atoms with Gasteiger partial charge in [-0.25, -0.2) is 28.7 Å². The fraction of sp³-hybridized carbons (Fsp3) is 0.441. The number of rotatable bonds is 16. The molecule has 0 amide bonds. The van der Waals surface area contributed by atoms with Gasteiger partial charge in [-0.1, -0.05) is 0 Å². The van der Waals surface area contributed by atoms with E-state index in [0.29, 0.717) is 42.3 Å². The molecule has 4 aliphatic rings. The van der Waals surface area contributed by atoms with Gasteiger partial charge in [-0.3, -0.25) is 14.6 Å². The van der Waals surface area contributed by atoms with E-state index in [1.165, 1.54) is 35.6 Å². The minimum absolute atomic E-state index is 0.240. The molecule has 0 spiro atoms. The number of piperidine rings is 4. The lowest BCUT2D eigenvalue weighted by atomic mass is 9.81. The Morgan fingerprint density at radius 3 is 1.41 bits per heavy atom. The van der Waals surface area contributed by atoms with Gasteiger partial charge in [0.1, 0.15) is 23.1 Å². The zero-order valence-corrected chi connectivity index (χ0v) is 42.1. The van der Waals surface area contributed by atoms with Crippen molar-refractivity contribution in [1.29, 1.82) is 0 Å². The molecule has 0 radical (unpaired) electrons. The van der Waals surface area contributed by atoms with Crippen molar-refractivity contribution in [3.8, 4) is 11.5 Å². The maximum Gasteiger partial charge on any atom is 0.167 e. The number of likely N-dealkylation sites (tertiary alicyclic amines) is 2. The number of pyridine rings is 4. The zero-order valence-electron chi connectivity index (χ0n) is 42.1. The fourth-order valence-electron chi connectivity index (χ4n) is 12.9. The molecule has 2 aromatic carbocycles. The predicted molar refractivity (Wildman–Crippen MR) is 287 cm³/mol. The summed E-state index contributed by atoms with van der Waals surface area (Å²) < 4.78 is 40.3. The minimum Gasteiger partial charge on any atom is -0.493 e. The molecule has 4 fully saturated rings. The van der Waals surface area contributed by atoms with Crippen LogP contribution in [0.2, 0.25) is 0 Å². The molecule has 384 valence electrons. The number of carbonyl (C=O) groups excluding carboxylic acids is 1. The highest BCUT2D eigenvalue weighted by Gasteiger charge is 2.41. The number of Topliss-reactive ketones (excluding diaryl/α,β-unsaturated/α-hetero) is 1. The number of hydrogen-bond acceptors (Lipinski definition) is 11. The number of hydrogen-bond donors (Lipinski definition) is 2. The summed E-state index contributed by atoms with van der Waals surface area (Å²) in [6, 6.07) is 20.6. The number of aromatic amines is 2. The molecule has 12 rings (SSSR count). The fourth-order valence-corrected chi connectivity index (χ4v) is 12.9. The molecule has 4 aliphatic heterocycles. The van der Waals surface area contributed by atoms with Crippen LogP contribution in [0.1, 0.15) is 64.2 Å². The van der Waals surface area contributed by atoms with Gasteiger partial charge >= 0.3 is 0 Å². The number of anilines is 2. The van der Waals surface area contributed by atoms with Crippen LogP contribution in [0, 0.1) is 35.3 Å². The summed E-state index contributed by atoms with van der Waals surface area (Å²) >= 11 is 0. The van der Waals surface area contributed by atoms with Crippen LogP contribution in [0.5, 0.6) is 11.5 Å². The lowest BCUT2D eigenvalue weighted by molar-refractivity contribution is -0.133. The molecule has 2 N–H and O–H groups in total. The van der Waals surface area contributed by atoms with Gasteiger partial charge in [0.05, 0.1) is 48.7 Å². The van der Waals surface area contributed by atoms with E-state index in [1.54, 1.807) is 24.3 Å². The highest BCUT2D eigenvalue weighted by Crippen LogP contribution is 2.39. The van der Waals surface area contributed by atoms with Crippen molar-refractivity contribution in [3.63, 3.8) is 0 Å². The molecule has 74 heavy (non-hydrogen) atoms.